The van der Waals surface area contributed by atoms with Gasteiger partial charge >= 0.3 is 6.03 Å². The molecule has 0 aromatic heterocycles. The zero-order chi connectivity index (χ0) is 13.3. The zero-order valence-electron chi connectivity index (χ0n) is 11.8. The Bertz CT molecular complexity index is 343. The van der Waals surface area contributed by atoms with E-state index >= 15 is 0 Å². The van der Waals surface area contributed by atoms with Crippen LogP contribution >= 0.6 is 0 Å². The number of carbonyl (C=O) groups is 1. The molecule has 4 heteroatoms. The molecule has 0 radical (unpaired) electrons. The average molecular weight is 265 g/mol. The fourth-order valence-corrected chi connectivity index (χ4v) is 3.76. The number of carbonyl (C=O) groups excluding carboxylic acids is 1. The van der Waals surface area contributed by atoms with Crippen LogP contribution in [0.2, 0.25) is 0 Å². The average Bonchev–Trinajstić information content (AvgIpc) is 2.24. The van der Waals surface area contributed by atoms with E-state index in [1.54, 1.807) is 0 Å². The molecule has 3 aliphatic rings. The third-order valence-electron chi connectivity index (χ3n) is 5.87. The minimum Gasteiger partial charge on any atom is -0.338 e. The molecule has 3 aliphatic carbocycles. The smallest absolute Gasteiger partial charge is 0.314 e. The summed E-state index contributed by atoms with van der Waals surface area (Å²) in [7, 11) is 0. The highest BCUT2D eigenvalue weighted by atomic mass is 16.2. The molecule has 3 fully saturated rings. The van der Waals surface area contributed by atoms with Crippen molar-refractivity contribution in [2.24, 2.45) is 17.1 Å². The van der Waals surface area contributed by atoms with E-state index in [0.717, 1.165) is 25.3 Å². The molecule has 0 aromatic rings. The molecule has 4 nitrogen and oxygen atoms in total. The summed E-state index contributed by atoms with van der Waals surface area (Å²) in [5, 5.41) is 6.04. The van der Waals surface area contributed by atoms with Gasteiger partial charge in [0.1, 0.15) is 0 Å². The van der Waals surface area contributed by atoms with Crippen molar-refractivity contribution < 1.29 is 4.79 Å². The van der Waals surface area contributed by atoms with Gasteiger partial charge in [0.25, 0.3) is 0 Å². The van der Waals surface area contributed by atoms with Crippen LogP contribution in [0.4, 0.5) is 4.79 Å². The van der Waals surface area contributed by atoms with Crippen molar-refractivity contribution in [3.63, 3.8) is 0 Å². The molecular weight excluding hydrogens is 238 g/mol. The standard InChI is InChI=1S/C15H27N3O/c16-15(8-3-9-15)11-18-13(19)17-10-14(6-2-7-14)12-4-1-5-12/h12H,1-11,16H2,(H2,17,18,19). The summed E-state index contributed by atoms with van der Waals surface area (Å²) in [6.07, 6.45) is 11.4. The number of rotatable bonds is 5. The van der Waals surface area contributed by atoms with Crippen LogP contribution < -0.4 is 16.4 Å². The molecule has 19 heavy (non-hydrogen) atoms. The zero-order valence-corrected chi connectivity index (χ0v) is 11.8. The molecule has 0 atom stereocenters. The highest BCUT2D eigenvalue weighted by Gasteiger charge is 2.46. The van der Waals surface area contributed by atoms with Crippen molar-refractivity contribution in [3.05, 3.63) is 0 Å². The van der Waals surface area contributed by atoms with E-state index in [-0.39, 0.29) is 11.6 Å². The van der Waals surface area contributed by atoms with Gasteiger partial charge in [-0.1, -0.05) is 12.8 Å². The van der Waals surface area contributed by atoms with Crippen molar-refractivity contribution in [3.8, 4) is 0 Å². The molecule has 3 saturated carbocycles. The van der Waals surface area contributed by atoms with Crippen molar-refractivity contribution >= 4 is 6.03 Å². The minimum absolute atomic E-state index is 0.0256. The first-order valence-corrected chi connectivity index (χ1v) is 7.93. The molecule has 0 aliphatic heterocycles. The lowest BCUT2D eigenvalue weighted by atomic mass is 9.55. The molecule has 0 unspecified atom stereocenters. The fraction of sp³-hybridized carbons (Fsp3) is 0.933. The molecule has 0 bridgehead atoms. The third-order valence-corrected chi connectivity index (χ3v) is 5.87. The number of urea groups is 1. The van der Waals surface area contributed by atoms with Gasteiger partial charge in [-0.2, -0.15) is 0 Å². The van der Waals surface area contributed by atoms with E-state index < -0.39 is 0 Å². The van der Waals surface area contributed by atoms with E-state index in [1.807, 2.05) is 0 Å². The predicted octanol–water partition coefficient (Wildman–Crippen LogP) is 2.14. The van der Waals surface area contributed by atoms with Gasteiger partial charge < -0.3 is 16.4 Å². The number of nitrogens with two attached hydrogens (primary N) is 1. The van der Waals surface area contributed by atoms with Crippen molar-refractivity contribution in [1.29, 1.82) is 0 Å². The number of amides is 2. The summed E-state index contributed by atoms with van der Waals surface area (Å²) >= 11 is 0. The normalized spacial score (nSPS) is 27.6. The maximum atomic E-state index is 11.9. The molecule has 0 heterocycles. The number of hydrogen-bond acceptors (Lipinski definition) is 2. The van der Waals surface area contributed by atoms with Gasteiger partial charge in [-0.05, 0) is 56.3 Å². The molecular formula is C15H27N3O. The van der Waals surface area contributed by atoms with Crippen LogP contribution in [0.3, 0.4) is 0 Å². The van der Waals surface area contributed by atoms with E-state index in [0.29, 0.717) is 12.0 Å². The van der Waals surface area contributed by atoms with Crippen LogP contribution in [-0.4, -0.2) is 24.7 Å². The van der Waals surface area contributed by atoms with Gasteiger partial charge in [0, 0.05) is 18.6 Å². The van der Waals surface area contributed by atoms with Crippen LogP contribution in [0.25, 0.3) is 0 Å². The summed E-state index contributed by atoms with van der Waals surface area (Å²) in [6, 6.07) is -0.0256. The summed E-state index contributed by atoms with van der Waals surface area (Å²) in [6.45, 7) is 1.48. The summed E-state index contributed by atoms with van der Waals surface area (Å²) in [5.41, 5.74) is 6.42. The quantitative estimate of drug-likeness (QED) is 0.713. The second-order valence-corrected chi connectivity index (χ2v) is 7.10. The molecule has 0 spiro atoms. The van der Waals surface area contributed by atoms with E-state index in [4.69, 9.17) is 5.73 Å². The monoisotopic (exact) mass is 265 g/mol. The summed E-state index contributed by atoms with van der Waals surface area (Å²) < 4.78 is 0. The maximum Gasteiger partial charge on any atom is 0.314 e. The van der Waals surface area contributed by atoms with Crippen LogP contribution in [0.15, 0.2) is 0 Å². The van der Waals surface area contributed by atoms with Crippen LogP contribution in [0.1, 0.15) is 57.8 Å². The lowest BCUT2D eigenvalue weighted by molar-refractivity contribution is 0.00534. The van der Waals surface area contributed by atoms with Gasteiger partial charge in [-0.3, -0.25) is 0 Å². The molecule has 0 aromatic carbocycles. The SMILES string of the molecule is NC1(CNC(=O)NCC2(C3CCC3)CCC2)CCC1. The lowest BCUT2D eigenvalue weighted by Gasteiger charge is -2.51. The molecule has 4 N–H and O–H groups in total. The van der Waals surface area contributed by atoms with Gasteiger partial charge in [0.15, 0.2) is 0 Å². The molecule has 108 valence electrons. The van der Waals surface area contributed by atoms with Crippen LogP contribution in [0, 0.1) is 11.3 Å². The third kappa shape index (κ3) is 2.60. The summed E-state index contributed by atoms with van der Waals surface area (Å²) in [5.74, 6) is 0.869. The van der Waals surface area contributed by atoms with Gasteiger partial charge in [0.05, 0.1) is 0 Å². The number of hydrogen-bond donors (Lipinski definition) is 3. The Morgan fingerprint density at radius 3 is 2.05 bits per heavy atom. The first kappa shape index (κ1) is 13.2. The van der Waals surface area contributed by atoms with Crippen LogP contribution in [0.5, 0.6) is 0 Å². The Morgan fingerprint density at radius 2 is 1.63 bits per heavy atom. The molecule has 3 rings (SSSR count). The number of nitrogens with one attached hydrogen (secondary N) is 2. The predicted molar refractivity (Wildman–Crippen MR) is 75.8 cm³/mol. The molecule has 0 saturated heterocycles. The van der Waals surface area contributed by atoms with E-state index in [9.17, 15) is 4.79 Å². The second-order valence-electron chi connectivity index (χ2n) is 7.10. The van der Waals surface area contributed by atoms with Crippen molar-refractivity contribution in [2.75, 3.05) is 13.1 Å². The Balaban J connectivity index is 1.39. The second kappa shape index (κ2) is 4.97. The Kier molecular flexibility index (Phi) is 3.46. The Labute approximate surface area is 115 Å². The van der Waals surface area contributed by atoms with E-state index in [1.165, 1.54) is 44.9 Å². The van der Waals surface area contributed by atoms with Crippen molar-refractivity contribution in [1.82, 2.24) is 10.6 Å². The maximum absolute atomic E-state index is 11.9. The van der Waals surface area contributed by atoms with Gasteiger partial charge in [0.2, 0.25) is 0 Å². The van der Waals surface area contributed by atoms with Gasteiger partial charge in [-0.25, -0.2) is 4.79 Å². The van der Waals surface area contributed by atoms with Crippen LogP contribution in [-0.2, 0) is 0 Å². The Hall–Kier alpha value is -0.770. The first-order valence-electron chi connectivity index (χ1n) is 7.93. The topological polar surface area (TPSA) is 67.1 Å². The van der Waals surface area contributed by atoms with E-state index in [2.05, 4.69) is 10.6 Å². The summed E-state index contributed by atoms with van der Waals surface area (Å²) in [4.78, 5) is 11.9. The lowest BCUT2D eigenvalue weighted by Crippen LogP contribution is -2.57. The highest BCUT2D eigenvalue weighted by Crippen LogP contribution is 2.53. The fourth-order valence-electron chi connectivity index (χ4n) is 3.76. The van der Waals surface area contributed by atoms with Crippen molar-refractivity contribution in [2.45, 2.75) is 63.3 Å². The van der Waals surface area contributed by atoms with Gasteiger partial charge in [-0.15, -0.1) is 0 Å². The minimum atomic E-state index is -0.126. The molecule has 2 amide bonds. The largest absolute Gasteiger partial charge is 0.338 e. The Morgan fingerprint density at radius 1 is 1.00 bits per heavy atom. The first-order chi connectivity index (χ1) is 9.12. The highest BCUT2D eigenvalue weighted by molar-refractivity contribution is 5.74.